The summed E-state index contributed by atoms with van der Waals surface area (Å²) >= 11 is 0. The van der Waals surface area contributed by atoms with Gasteiger partial charge >= 0.3 is 6.03 Å². The van der Waals surface area contributed by atoms with E-state index in [1.807, 2.05) is 36.4 Å². The van der Waals surface area contributed by atoms with Crippen molar-refractivity contribution in [1.29, 1.82) is 0 Å². The zero-order valence-corrected chi connectivity index (χ0v) is 18.2. The van der Waals surface area contributed by atoms with Crippen molar-refractivity contribution in [3.63, 3.8) is 0 Å². The lowest BCUT2D eigenvalue weighted by atomic mass is 9.95. The minimum absolute atomic E-state index is 0.0345. The molecule has 0 saturated carbocycles. The third kappa shape index (κ3) is 3.63. The number of anilines is 1. The van der Waals surface area contributed by atoms with Crippen LogP contribution in [-0.4, -0.2) is 38.9 Å². The van der Waals surface area contributed by atoms with Crippen molar-refractivity contribution in [2.45, 2.75) is 45.2 Å². The minimum Gasteiger partial charge on any atom is -0.319 e. The highest BCUT2D eigenvalue weighted by molar-refractivity contribution is 6.17. The number of nitrogens with zero attached hydrogens (tertiary/aromatic N) is 4. The van der Waals surface area contributed by atoms with Crippen molar-refractivity contribution in [2.24, 2.45) is 4.99 Å². The van der Waals surface area contributed by atoms with E-state index in [0.29, 0.717) is 18.9 Å². The number of aliphatic imine (C=N–C) groups is 1. The van der Waals surface area contributed by atoms with Gasteiger partial charge in [0.2, 0.25) is 0 Å². The van der Waals surface area contributed by atoms with Gasteiger partial charge in [-0.05, 0) is 17.5 Å². The summed E-state index contributed by atoms with van der Waals surface area (Å²) in [5.74, 6) is 2.29. The molecule has 1 aromatic heterocycles. The van der Waals surface area contributed by atoms with Crippen molar-refractivity contribution in [2.75, 3.05) is 11.9 Å². The summed E-state index contributed by atoms with van der Waals surface area (Å²) in [6, 6.07) is 20.6. The van der Waals surface area contributed by atoms with Gasteiger partial charge in [0.05, 0.1) is 12.6 Å². The summed E-state index contributed by atoms with van der Waals surface area (Å²) in [7, 11) is 0. The van der Waals surface area contributed by atoms with Crippen LogP contribution in [0.4, 0.5) is 10.6 Å². The Morgan fingerprint density at radius 1 is 1.00 bits per heavy atom. The van der Waals surface area contributed by atoms with Gasteiger partial charge < -0.3 is 4.57 Å². The average molecular weight is 414 g/mol. The highest BCUT2D eigenvalue weighted by Crippen LogP contribution is 2.34. The molecule has 3 aromatic rings. The number of amidine groups is 1. The summed E-state index contributed by atoms with van der Waals surface area (Å²) in [6.45, 7) is 7.71. The van der Waals surface area contributed by atoms with Crippen molar-refractivity contribution >= 4 is 17.7 Å². The molecule has 1 atom stereocenters. The first-order chi connectivity index (χ1) is 14.9. The molecule has 5 rings (SSSR count). The van der Waals surface area contributed by atoms with Gasteiger partial charge in [0.15, 0.2) is 11.7 Å². The molecule has 0 spiro atoms. The Kier molecular flexibility index (Phi) is 4.65. The van der Waals surface area contributed by atoms with Crippen LogP contribution in [0.2, 0.25) is 0 Å². The summed E-state index contributed by atoms with van der Waals surface area (Å²) in [5, 5.41) is 3.01. The van der Waals surface area contributed by atoms with Gasteiger partial charge in [0.25, 0.3) is 0 Å². The van der Waals surface area contributed by atoms with Crippen LogP contribution in [0.5, 0.6) is 0 Å². The lowest BCUT2D eigenvalue weighted by molar-refractivity contribution is 0.234. The van der Waals surface area contributed by atoms with Crippen LogP contribution in [0, 0.1) is 0 Å². The first kappa shape index (κ1) is 19.5. The van der Waals surface area contributed by atoms with Crippen molar-refractivity contribution < 1.29 is 4.79 Å². The zero-order valence-electron chi connectivity index (χ0n) is 18.2. The predicted octanol–water partition coefficient (Wildman–Crippen LogP) is 4.45. The number of hydrogen-bond donors (Lipinski definition) is 1. The molecule has 6 heteroatoms. The molecule has 0 radical (unpaired) electrons. The van der Waals surface area contributed by atoms with E-state index in [4.69, 9.17) is 9.98 Å². The fourth-order valence-electron chi connectivity index (χ4n) is 4.37. The quantitative estimate of drug-likeness (QED) is 0.687. The number of hydrogen-bond acceptors (Lipinski definition) is 3. The number of nitrogens with one attached hydrogen (secondary N) is 1. The first-order valence-electron chi connectivity index (χ1n) is 10.8. The number of fused-ring (bicyclic) bond motifs is 3. The van der Waals surface area contributed by atoms with Gasteiger partial charge in [0, 0.05) is 12.0 Å². The number of amides is 2. The van der Waals surface area contributed by atoms with Crippen LogP contribution in [0.3, 0.4) is 0 Å². The molecule has 0 bridgehead atoms. The largest absolute Gasteiger partial charge is 0.328 e. The van der Waals surface area contributed by atoms with E-state index in [0.717, 1.165) is 23.8 Å². The molecule has 0 saturated heterocycles. The van der Waals surface area contributed by atoms with Crippen LogP contribution in [0.1, 0.15) is 43.4 Å². The van der Waals surface area contributed by atoms with E-state index < -0.39 is 0 Å². The number of benzene rings is 2. The molecule has 0 fully saturated rings. The molecule has 3 heterocycles. The maximum Gasteiger partial charge on any atom is 0.328 e. The van der Waals surface area contributed by atoms with Gasteiger partial charge in [-0.25, -0.2) is 9.78 Å². The molecule has 1 N–H and O–H groups in total. The Morgan fingerprint density at radius 2 is 1.65 bits per heavy atom. The number of rotatable bonds is 4. The highest BCUT2D eigenvalue weighted by atomic mass is 16.2. The van der Waals surface area contributed by atoms with E-state index in [1.165, 1.54) is 11.1 Å². The third-order valence-corrected chi connectivity index (χ3v) is 5.77. The van der Waals surface area contributed by atoms with E-state index >= 15 is 0 Å². The summed E-state index contributed by atoms with van der Waals surface area (Å²) in [6.07, 6.45) is 0.808. The number of urea groups is 1. The Hall–Kier alpha value is -3.41. The maximum atomic E-state index is 12.8. The molecule has 0 aliphatic carbocycles. The second-order valence-electron chi connectivity index (χ2n) is 9.29. The molecule has 0 unspecified atom stereocenters. The van der Waals surface area contributed by atoms with Gasteiger partial charge in [-0.15, -0.1) is 0 Å². The SMILES string of the molecule is CC(C)(C)c1nc2c(n1Cc1ccccc1)C1=N[C@H](Cc3ccccc3)CN1C(=O)N2. The van der Waals surface area contributed by atoms with Crippen LogP contribution in [0.25, 0.3) is 0 Å². The molecule has 2 aliphatic rings. The lowest BCUT2D eigenvalue weighted by Gasteiger charge is -2.26. The van der Waals surface area contributed by atoms with Crippen molar-refractivity contribution in [1.82, 2.24) is 14.5 Å². The summed E-state index contributed by atoms with van der Waals surface area (Å²) in [5.41, 5.74) is 3.15. The average Bonchev–Trinajstić information content (AvgIpc) is 3.31. The Balaban J connectivity index is 1.58. The third-order valence-electron chi connectivity index (χ3n) is 5.77. The van der Waals surface area contributed by atoms with Crippen LogP contribution >= 0.6 is 0 Å². The fourth-order valence-corrected chi connectivity index (χ4v) is 4.37. The first-order valence-corrected chi connectivity index (χ1v) is 10.8. The van der Waals surface area contributed by atoms with Crippen LogP contribution < -0.4 is 5.32 Å². The molecule has 2 amide bonds. The normalized spacial score (nSPS) is 17.8. The Bertz CT molecular complexity index is 1140. The molecule has 158 valence electrons. The fraction of sp³-hybridized carbons (Fsp3) is 0.320. The van der Waals surface area contributed by atoms with E-state index in [2.05, 4.69) is 54.9 Å². The second-order valence-corrected chi connectivity index (χ2v) is 9.29. The zero-order chi connectivity index (χ0) is 21.6. The standard InChI is InChI=1S/C25H27N5O/c1-25(2,3)23-27-21-20(29(23)15-18-12-8-5-9-13-18)22-26-19(16-30(22)24(31)28-21)14-17-10-6-4-7-11-17/h4-13,19H,14-16H2,1-3H3,(H,28,31)/t19-/m1/s1. The molecular formula is C25H27N5O. The topological polar surface area (TPSA) is 62.5 Å². The van der Waals surface area contributed by atoms with Crippen molar-refractivity contribution in [3.05, 3.63) is 83.3 Å². The molecule has 31 heavy (non-hydrogen) atoms. The van der Waals surface area contributed by atoms with Crippen molar-refractivity contribution in [3.8, 4) is 0 Å². The summed E-state index contributed by atoms with van der Waals surface area (Å²) < 4.78 is 2.22. The minimum atomic E-state index is -0.176. The van der Waals surface area contributed by atoms with Crippen LogP contribution in [0.15, 0.2) is 65.7 Å². The second kappa shape index (κ2) is 7.38. The Labute approximate surface area is 182 Å². The van der Waals surface area contributed by atoms with Gasteiger partial charge in [-0.2, -0.15) is 0 Å². The van der Waals surface area contributed by atoms with Gasteiger partial charge in [0.1, 0.15) is 11.5 Å². The van der Waals surface area contributed by atoms with E-state index in [9.17, 15) is 4.79 Å². The highest BCUT2D eigenvalue weighted by Gasteiger charge is 2.41. The smallest absolute Gasteiger partial charge is 0.319 e. The van der Waals surface area contributed by atoms with Gasteiger partial charge in [-0.1, -0.05) is 81.4 Å². The molecule has 2 aliphatic heterocycles. The van der Waals surface area contributed by atoms with Crippen LogP contribution in [-0.2, 0) is 18.4 Å². The molecule has 2 aromatic carbocycles. The number of imidazole rings is 1. The molecular weight excluding hydrogens is 386 g/mol. The van der Waals surface area contributed by atoms with E-state index in [-0.39, 0.29) is 17.5 Å². The predicted molar refractivity (Wildman–Crippen MR) is 123 cm³/mol. The number of aromatic nitrogens is 2. The monoisotopic (exact) mass is 413 g/mol. The summed E-state index contributed by atoms with van der Waals surface area (Å²) in [4.78, 5) is 24.5. The number of carbonyl (C=O) groups excluding carboxylic acids is 1. The molecule has 6 nitrogen and oxygen atoms in total. The number of carbonyl (C=O) groups is 1. The maximum absolute atomic E-state index is 12.8. The van der Waals surface area contributed by atoms with E-state index in [1.54, 1.807) is 4.90 Å². The lowest BCUT2D eigenvalue weighted by Crippen LogP contribution is -2.44. The van der Waals surface area contributed by atoms with Gasteiger partial charge in [-0.3, -0.25) is 15.2 Å². The Morgan fingerprint density at radius 3 is 2.29 bits per heavy atom.